The number of ether oxygens (including phenoxy) is 1. The fraction of sp³-hybridized carbons (Fsp3) is 0.400. The van der Waals surface area contributed by atoms with E-state index in [1.807, 2.05) is 12.3 Å². The lowest BCUT2D eigenvalue weighted by Gasteiger charge is -2.09. The summed E-state index contributed by atoms with van der Waals surface area (Å²) in [7, 11) is 0. The quantitative estimate of drug-likeness (QED) is 0.791. The van der Waals surface area contributed by atoms with E-state index in [1.54, 1.807) is 23.9 Å². The van der Waals surface area contributed by atoms with E-state index in [-0.39, 0.29) is 5.75 Å². The Kier molecular flexibility index (Phi) is 4.32. The van der Waals surface area contributed by atoms with Gasteiger partial charge in [-0.1, -0.05) is 12.1 Å². The minimum Gasteiger partial charge on any atom is -0.484 e. The summed E-state index contributed by atoms with van der Waals surface area (Å²) in [5.74, 6) is 1.03. The number of halogens is 3. The van der Waals surface area contributed by atoms with Gasteiger partial charge in [0.05, 0.1) is 0 Å². The van der Waals surface area contributed by atoms with Crippen molar-refractivity contribution >= 4 is 11.8 Å². The van der Waals surface area contributed by atoms with Crippen LogP contribution >= 0.6 is 11.8 Å². The molecular weight excluding hydrogens is 225 g/mol. The van der Waals surface area contributed by atoms with Crippen LogP contribution in [0.25, 0.3) is 0 Å². The van der Waals surface area contributed by atoms with Crippen molar-refractivity contribution in [2.45, 2.75) is 11.9 Å². The average Bonchev–Trinajstić information content (AvgIpc) is 2.15. The molecule has 0 saturated carbocycles. The van der Waals surface area contributed by atoms with Crippen LogP contribution in [-0.2, 0) is 5.75 Å². The van der Waals surface area contributed by atoms with Crippen molar-refractivity contribution in [3.63, 3.8) is 0 Å². The van der Waals surface area contributed by atoms with E-state index in [0.717, 1.165) is 11.3 Å². The normalized spacial score (nSPS) is 11.5. The van der Waals surface area contributed by atoms with Gasteiger partial charge in [-0.05, 0) is 24.0 Å². The largest absolute Gasteiger partial charge is 0.484 e. The number of thioether (sulfide) groups is 1. The maximum Gasteiger partial charge on any atom is 0.422 e. The fourth-order valence-corrected chi connectivity index (χ4v) is 1.57. The first-order valence-corrected chi connectivity index (χ1v) is 5.68. The van der Waals surface area contributed by atoms with Crippen LogP contribution in [0.3, 0.4) is 0 Å². The first-order valence-electron chi connectivity index (χ1n) is 4.29. The number of rotatable bonds is 4. The van der Waals surface area contributed by atoms with Crippen molar-refractivity contribution < 1.29 is 17.9 Å². The summed E-state index contributed by atoms with van der Waals surface area (Å²) in [4.78, 5) is 0. The molecule has 1 aromatic carbocycles. The maximum atomic E-state index is 11.9. The number of benzene rings is 1. The van der Waals surface area contributed by atoms with E-state index in [0.29, 0.717) is 0 Å². The molecule has 0 atom stereocenters. The van der Waals surface area contributed by atoms with Crippen LogP contribution in [0.4, 0.5) is 13.2 Å². The third kappa shape index (κ3) is 4.97. The van der Waals surface area contributed by atoms with Gasteiger partial charge in [0.15, 0.2) is 6.61 Å². The molecule has 0 radical (unpaired) electrons. The van der Waals surface area contributed by atoms with Gasteiger partial charge in [-0.25, -0.2) is 0 Å². The lowest BCUT2D eigenvalue weighted by Crippen LogP contribution is -2.19. The van der Waals surface area contributed by atoms with Crippen LogP contribution in [-0.4, -0.2) is 19.0 Å². The van der Waals surface area contributed by atoms with Gasteiger partial charge in [0.1, 0.15) is 5.75 Å². The Morgan fingerprint density at radius 1 is 1.33 bits per heavy atom. The van der Waals surface area contributed by atoms with Crippen molar-refractivity contribution in [1.29, 1.82) is 0 Å². The van der Waals surface area contributed by atoms with Gasteiger partial charge in [0.2, 0.25) is 0 Å². The van der Waals surface area contributed by atoms with Crippen LogP contribution < -0.4 is 4.74 Å². The average molecular weight is 236 g/mol. The first-order chi connectivity index (χ1) is 7.01. The molecular formula is C10H11F3OS. The molecule has 0 fully saturated rings. The van der Waals surface area contributed by atoms with E-state index >= 15 is 0 Å². The third-order valence-electron chi connectivity index (χ3n) is 1.61. The zero-order valence-corrected chi connectivity index (χ0v) is 8.99. The molecule has 0 aromatic heterocycles. The zero-order valence-electron chi connectivity index (χ0n) is 8.17. The number of hydrogen-bond donors (Lipinski definition) is 0. The Bertz CT molecular complexity index is 312. The van der Waals surface area contributed by atoms with Gasteiger partial charge in [0.25, 0.3) is 0 Å². The van der Waals surface area contributed by atoms with E-state index in [4.69, 9.17) is 0 Å². The van der Waals surface area contributed by atoms with Crippen LogP contribution in [0.2, 0.25) is 0 Å². The van der Waals surface area contributed by atoms with Crippen molar-refractivity contribution in [2.24, 2.45) is 0 Å². The molecule has 0 heterocycles. The van der Waals surface area contributed by atoms with E-state index in [2.05, 4.69) is 4.74 Å². The van der Waals surface area contributed by atoms with Gasteiger partial charge >= 0.3 is 6.18 Å². The van der Waals surface area contributed by atoms with Crippen molar-refractivity contribution in [3.05, 3.63) is 29.8 Å². The molecule has 0 saturated heterocycles. The summed E-state index contributed by atoms with van der Waals surface area (Å²) >= 11 is 1.61. The number of hydrogen-bond acceptors (Lipinski definition) is 2. The summed E-state index contributed by atoms with van der Waals surface area (Å²) in [6.45, 7) is -1.24. The molecule has 1 aromatic rings. The van der Waals surface area contributed by atoms with Crippen molar-refractivity contribution in [1.82, 2.24) is 0 Å². The van der Waals surface area contributed by atoms with E-state index in [1.165, 1.54) is 6.07 Å². The summed E-state index contributed by atoms with van der Waals surface area (Å²) in [5, 5.41) is 0. The van der Waals surface area contributed by atoms with Gasteiger partial charge in [-0.15, -0.1) is 0 Å². The van der Waals surface area contributed by atoms with E-state index in [9.17, 15) is 13.2 Å². The molecule has 0 unspecified atom stereocenters. The molecule has 0 spiro atoms. The molecule has 0 amide bonds. The van der Waals surface area contributed by atoms with Crippen LogP contribution in [0, 0.1) is 0 Å². The Morgan fingerprint density at radius 3 is 2.67 bits per heavy atom. The molecule has 0 aliphatic heterocycles. The highest BCUT2D eigenvalue weighted by atomic mass is 32.2. The van der Waals surface area contributed by atoms with Crippen LogP contribution in [0.1, 0.15) is 5.56 Å². The van der Waals surface area contributed by atoms with Crippen molar-refractivity contribution in [2.75, 3.05) is 12.9 Å². The minimum absolute atomic E-state index is 0.263. The van der Waals surface area contributed by atoms with Crippen molar-refractivity contribution in [3.8, 4) is 5.75 Å². The monoisotopic (exact) mass is 236 g/mol. The molecule has 0 aliphatic rings. The predicted octanol–water partition coefficient (Wildman–Crippen LogP) is 3.49. The lowest BCUT2D eigenvalue weighted by molar-refractivity contribution is -0.153. The molecule has 0 N–H and O–H groups in total. The van der Waals surface area contributed by atoms with Crippen LogP contribution in [0.5, 0.6) is 5.75 Å². The fourth-order valence-electron chi connectivity index (χ4n) is 1.06. The van der Waals surface area contributed by atoms with E-state index < -0.39 is 12.8 Å². The Balaban J connectivity index is 2.57. The molecule has 5 heteroatoms. The standard InChI is InChI=1S/C10H11F3OS/c1-15-6-8-3-2-4-9(5-8)14-7-10(11,12)13/h2-5H,6-7H2,1H3. The highest BCUT2D eigenvalue weighted by Gasteiger charge is 2.28. The van der Waals surface area contributed by atoms with Gasteiger partial charge < -0.3 is 4.74 Å². The molecule has 1 rings (SSSR count). The summed E-state index contributed by atoms with van der Waals surface area (Å²) in [6.07, 6.45) is -2.35. The van der Waals surface area contributed by atoms with Gasteiger partial charge in [0, 0.05) is 5.75 Å². The Morgan fingerprint density at radius 2 is 2.07 bits per heavy atom. The number of alkyl halides is 3. The molecule has 15 heavy (non-hydrogen) atoms. The lowest BCUT2D eigenvalue weighted by atomic mass is 10.2. The highest BCUT2D eigenvalue weighted by molar-refractivity contribution is 7.97. The summed E-state index contributed by atoms with van der Waals surface area (Å²) < 4.78 is 40.2. The smallest absolute Gasteiger partial charge is 0.422 e. The predicted molar refractivity (Wildman–Crippen MR) is 55.2 cm³/mol. The SMILES string of the molecule is CSCc1cccc(OCC(F)(F)F)c1. The highest BCUT2D eigenvalue weighted by Crippen LogP contribution is 2.20. The Labute approximate surface area is 90.6 Å². The molecule has 0 bridgehead atoms. The summed E-state index contributed by atoms with van der Waals surface area (Å²) in [5.41, 5.74) is 0.960. The minimum atomic E-state index is -4.28. The molecule has 84 valence electrons. The van der Waals surface area contributed by atoms with Crippen LogP contribution in [0.15, 0.2) is 24.3 Å². The second-order valence-corrected chi connectivity index (χ2v) is 3.85. The van der Waals surface area contributed by atoms with Gasteiger partial charge in [-0.2, -0.15) is 24.9 Å². The first kappa shape index (κ1) is 12.2. The third-order valence-corrected chi connectivity index (χ3v) is 2.23. The topological polar surface area (TPSA) is 9.23 Å². The molecule has 0 aliphatic carbocycles. The molecule has 1 nitrogen and oxygen atoms in total. The second-order valence-electron chi connectivity index (χ2n) is 2.98. The zero-order chi connectivity index (χ0) is 11.3. The second kappa shape index (κ2) is 5.30. The maximum absolute atomic E-state index is 11.9. The summed E-state index contributed by atoms with van der Waals surface area (Å²) in [6, 6.07) is 6.70. The Hall–Kier alpha value is -0.840. The van der Waals surface area contributed by atoms with Gasteiger partial charge in [-0.3, -0.25) is 0 Å².